The SMILES string of the molecule is COC(=O)[C@H](Cc1ccc(NC(=O)c2ccncc2)cc1)Nc1c(N(C)Cc2cccnc2)c(=O)c1=O. The highest BCUT2D eigenvalue weighted by atomic mass is 16.5. The Balaban J connectivity index is 1.46. The van der Waals surface area contributed by atoms with Crippen LogP contribution in [0.3, 0.4) is 0 Å². The van der Waals surface area contributed by atoms with Gasteiger partial charge in [-0.2, -0.15) is 0 Å². The van der Waals surface area contributed by atoms with E-state index in [0.717, 1.165) is 11.1 Å². The van der Waals surface area contributed by atoms with Gasteiger partial charge in [0.15, 0.2) is 0 Å². The summed E-state index contributed by atoms with van der Waals surface area (Å²) in [4.78, 5) is 59.2. The van der Waals surface area contributed by atoms with E-state index < -0.39 is 22.9 Å². The predicted octanol–water partition coefficient (Wildman–Crippen LogP) is 2.16. The van der Waals surface area contributed by atoms with Crippen molar-refractivity contribution >= 4 is 28.9 Å². The number of hydrogen-bond donors (Lipinski definition) is 2. The first kappa shape index (κ1) is 25.2. The van der Waals surface area contributed by atoms with Crippen molar-refractivity contribution in [3.05, 3.63) is 110 Å². The predicted molar refractivity (Wildman–Crippen MR) is 139 cm³/mol. The lowest BCUT2D eigenvalue weighted by atomic mass is 10.0. The van der Waals surface area contributed by atoms with Gasteiger partial charge in [-0.1, -0.05) is 18.2 Å². The molecule has 0 aliphatic rings. The second-order valence-electron chi connectivity index (χ2n) is 8.41. The lowest BCUT2D eigenvalue weighted by Gasteiger charge is -2.26. The molecule has 0 aliphatic carbocycles. The van der Waals surface area contributed by atoms with Gasteiger partial charge in [0.05, 0.1) is 7.11 Å². The van der Waals surface area contributed by atoms with Gasteiger partial charge in [-0.05, 0) is 41.5 Å². The van der Waals surface area contributed by atoms with Crippen molar-refractivity contribution in [2.24, 2.45) is 0 Å². The van der Waals surface area contributed by atoms with Crippen molar-refractivity contribution in [3.8, 4) is 0 Å². The Labute approximate surface area is 212 Å². The molecule has 2 aromatic carbocycles. The van der Waals surface area contributed by atoms with Gasteiger partial charge >= 0.3 is 5.97 Å². The summed E-state index contributed by atoms with van der Waals surface area (Å²) in [5.41, 5.74) is 1.66. The van der Waals surface area contributed by atoms with Crippen LogP contribution in [0.5, 0.6) is 0 Å². The smallest absolute Gasteiger partial charge is 0.328 e. The molecule has 0 saturated carbocycles. The van der Waals surface area contributed by atoms with E-state index >= 15 is 0 Å². The van der Waals surface area contributed by atoms with E-state index in [2.05, 4.69) is 20.6 Å². The van der Waals surface area contributed by atoms with Gasteiger partial charge in [0.2, 0.25) is 0 Å². The fraction of sp³-hybridized carbons (Fsp3) is 0.185. The first-order valence-corrected chi connectivity index (χ1v) is 11.5. The van der Waals surface area contributed by atoms with Crippen LogP contribution in [0.1, 0.15) is 21.5 Å². The Kier molecular flexibility index (Phi) is 7.68. The van der Waals surface area contributed by atoms with E-state index in [9.17, 15) is 19.2 Å². The quantitative estimate of drug-likeness (QED) is 0.249. The summed E-state index contributed by atoms with van der Waals surface area (Å²) in [6, 6.07) is 12.9. The summed E-state index contributed by atoms with van der Waals surface area (Å²) >= 11 is 0. The van der Waals surface area contributed by atoms with Crippen LogP contribution >= 0.6 is 0 Å². The molecule has 0 unspecified atom stereocenters. The molecule has 4 aromatic rings. The number of methoxy groups -OCH3 is 1. The Morgan fingerprint density at radius 1 is 0.946 bits per heavy atom. The van der Waals surface area contributed by atoms with E-state index in [1.807, 2.05) is 6.07 Å². The lowest BCUT2D eigenvalue weighted by Crippen LogP contribution is -2.45. The summed E-state index contributed by atoms with van der Waals surface area (Å²) in [6.07, 6.45) is 6.59. The van der Waals surface area contributed by atoms with E-state index in [0.29, 0.717) is 17.8 Å². The highest BCUT2D eigenvalue weighted by Crippen LogP contribution is 2.23. The molecule has 10 nitrogen and oxygen atoms in total. The largest absolute Gasteiger partial charge is 0.467 e. The number of nitrogens with zero attached hydrogens (tertiary/aromatic N) is 3. The molecular weight excluding hydrogens is 474 g/mol. The Morgan fingerprint density at radius 3 is 2.32 bits per heavy atom. The van der Waals surface area contributed by atoms with Crippen LogP contribution in [-0.4, -0.2) is 42.0 Å². The lowest BCUT2D eigenvalue weighted by molar-refractivity contribution is -0.141. The number of aromatic nitrogens is 2. The zero-order valence-electron chi connectivity index (χ0n) is 20.3. The number of ether oxygens (including phenoxy) is 1. The van der Waals surface area contributed by atoms with Crippen molar-refractivity contribution in [2.75, 3.05) is 29.7 Å². The van der Waals surface area contributed by atoms with Gasteiger partial charge in [0.1, 0.15) is 17.4 Å². The number of hydrogen-bond acceptors (Lipinski definition) is 9. The number of rotatable bonds is 10. The normalized spacial score (nSPS) is 11.5. The highest BCUT2D eigenvalue weighted by molar-refractivity contribution is 6.04. The number of carbonyl (C=O) groups excluding carboxylic acids is 2. The molecule has 10 heteroatoms. The van der Waals surface area contributed by atoms with Gasteiger partial charge in [-0.3, -0.25) is 24.4 Å². The number of amides is 1. The number of anilines is 3. The second-order valence-corrected chi connectivity index (χ2v) is 8.41. The average Bonchev–Trinajstić information content (AvgIpc) is 2.93. The van der Waals surface area contributed by atoms with Crippen molar-refractivity contribution in [1.82, 2.24) is 9.97 Å². The second kappa shape index (κ2) is 11.3. The van der Waals surface area contributed by atoms with Crippen LogP contribution in [0.4, 0.5) is 17.1 Å². The van der Waals surface area contributed by atoms with Gasteiger partial charge < -0.3 is 20.3 Å². The summed E-state index contributed by atoms with van der Waals surface area (Å²) < 4.78 is 4.93. The molecule has 188 valence electrons. The van der Waals surface area contributed by atoms with Crippen LogP contribution in [0.25, 0.3) is 0 Å². The zero-order valence-corrected chi connectivity index (χ0v) is 20.3. The van der Waals surface area contributed by atoms with Gasteiger partial charge in [0, 0.05) is 56.1 Å². The molecule has 37 heavy (non-hydrogen) atoms. The highest BCUT2D eigenvalue weighted by Gasteiger charge is 2.29. The molecule has 0 saturated heterocycles. The molecule has 2 heterocycles. The van der Waals surface area contributed by atoms with E-state index in [1.165, 1.54) is 19.5 Å². The van der Waals surface area contributed by atoms with Gasteiger partial charge in [-0.25, -0.2) is 4.79 Å². The molecule has 4 rings (SSSR count). The summed E-state index contributed by atoms with van der Waals surface area (Å²) in [7, 11) is 2.95. The number of nitrogens with one attached hydrogen (secondary N) is 2. The fourth-order valence-corrected chi connectivity index (χ4v) is 3.90. The van der Waals surface area contributed by atoms with Gasteiger partial charge in [0.25, 0.3) is 16.8 Å². The third-order valence-corrected chi connectivity index (χ3v) is 5.81. The Hall–Kier alpha value is -4.86. The minimum Gasteiger partial charge on any atom is -0.467 e. The van der Waals surface area contributed by atoms with Crippen LogP contribution < -0.4 is 26.4 Å². The first-order chi connectivity index (χ1) is 17.9. The number of esters is 1. The molecule has 0 radical (unpaired) electrons. The van der Waals surface area contributed by atoms with Crippen molar-refractivity contribution in [1.29, 1.82) is 0 Å². The molecule has 0 bridgehead atoms. The van der Waals surface area contributed by atoms with E-state index in [1.54, 1.807) is 66.8 Å². The number of benzene rings is 1. The third kappa shape index (κ3) is 5.87. The van der Waals surface area contributed by atoms with Crippen molar-refractivity contribution < 1.29 is 14.3 Å². The standard InChI is InChI=1S/C27H25N5O5/c1-32(16-18-4-3-11-29-15-18)23-22(24(33)25(23)34)31-21(27(36)37-2)14-17-5-7-20(8-6-17)30-26(35)19-9-12-28-13-10-19/h3-13,15,21,31H,14,16H2,1-2H3,(H,30,35)/t21-/m0/s1. The molecule has 1 atom stereocenters. The Bertz CT molecular complexity index is 1450. The average molecular weight is 500 g/mol. The van der Waals surface area contributed by atoms with E-state index in [-0.39, 0.29) is 23.7 Å². The molecule has 2 aromatic heterocycles. The monoisotopic (exact) mass is 499 g/mol. The minimum absolute atomic E-state index is 0.0769. The summed E-state index contributed by atoms with van der Waals surface area (Å²) in [5.74, 6) is -0.851. The maximum absolute atomic E-state index is 12.5. The molecular formula is C27H25N5O5. The molecule has 0 aliphatic heterocycles. The van der Waals surface area contributed by atoms with Crippen LogP contribution in [0.2, 0.25) is 0 Å². The maximum atomic E-state index is 12.5. The molecule has 0 spiro atoms. The number of pyridine rings is 2. The maximum Gasteiger partial charge on any atom is 0.328 e. The minimum atomic E-state index is -0.906. The molecule has 2 N–H and O–H groups in total. The van der Waals surface area contributed by atoms with Crippen molar-refractivity contribution in [2.45, 2.75) is 19.0 Å². The summed E-state index contributed by atoms with van der Waals surface area (Å²) in [5, 5.41) is 5.72. The molecule has 0 fully saturated rings. The topological polar surface area (TPSA) is 131 Å². The van der Waals surface area contributed by atoms with Crippen LogP contribution in [-0.2, 0) is 22.5 Å². The first-order valence-electron chi connectivity index (χ1n) is 11.5. The Morgan fingerprint density at radius 2 is 1.68 bits per heavy atom. The van der Waals surface area contributed by atoms with Crippen LogP contribution in [0.15, 0.2) is 82.9 Å². The van der Waals surface area contributed by atoms with E-state index in [4.69, 9.17) is 4.74 Å². The van der Waals surface area contributed by atoms with Crippen molar-refractivity contribution in [3.63, 3.8) is 0 Å². The van der Waals surface area contributed by atoms with Crippen LogP contribution in [0, 0.1) is 0 Å². The number of carbonyl (C=O) groups is 2. The third-order valence-electron chi connectivity index (χ3n) is 5.81. The van der Waals surface area contributed by atoms with Gasteiger partial charge in [-0.15, -0.1) is 0 Å². The summed E-state index contributed by atoms with van der Waals surface area (Å²) in [6.45, 7) is 0.364. The fourth-order valence-electron chi connectivity index (χ4n) is 3.90. The molecule has 1 amide bonds. The zero-order chi connectivity index (χ0) is 26.4.